The summed E-state index contributed by atoms with van der Waals surface area (Å²) < 4.78 is 10.3. The molecule has 0 heterocycles. The van der Waals surface area contributed by atoms with E-state index in [1.54, 1.807) is 38.5 Å². The van der Waals surface area contributed by atoms with Crippen LogP contribution in [-0.2, 0) is 0 Å². The lowest BCUT2D eigenvalue weighted by atomic mass is 10.1. The van der Waals surface area contributed by atoms with Gasteiger partial charge in [-0.15, -0.1) is 0 Å². The number of anilines is 1. The Morgan fingerprint density at radius 3 is 1.56 bits per heavy atom. The van der Waals surface area contributed by atoms with Gasteiger partial charge in [0.15, 0.2) is 0 Å². The van der Waals surface area contributed by atoms with E-state index in [0.717, 1.165) is 34.0 Å². The zero-order chi connectivity index (χ0) is 22.9. The second-order valence-corrected chi connectivity index (χ2v) is 6.98. The van der Waals surface area contributed by atoms with Crippen LogP contribution < -0.4 is 20.3 Å². The fourth-order valence-electron chi connectivity index (χ4n) is 2.84. The highest BCUT2D eigenvalue weighted by Crippen LogP contribution is 2.14. The van der Waals surface area contributed by atoms with Crippen LogP contribution in [0.3, 0.4) is 0 Å². The number of carbonyl (C=O) groups excluding carboxylic acids is 1. The first-order valence-corrected chi connectivity index (χ1v) is 10.0. The number of rotatable bonds is 8. The summed E-state index contributed by atoms with van der Waals surface area (Å²) in [6.45, 7) is 3.75. The summed E-state index contributed by atoms with van der Waals surface area (Å²) >= 11 is 0. The summed E-state index contributed by atoms with van der Waals surface area (Å²) in [6.07, 6.45) is 0. The molecule has 0 aliphatic carbocycles. The van der Waals surface area contributed by atoms with Gasteiger partial charge in [-0.25, -0.2) is 5.43 Å². The van der Waals surface area contributed by atoms with Crippen molar-refractivity contribution < 1.29 is 14.3 Å². The van der Waals surface area contributed by atoms with Crippen molar-refractivity contribution in [3.63, 3.8) is 0 Å². The van der Waals surface area contributed by atoms with E-state index in [-0.39, 0.29) is 5.91 Å². The molecule has 2 N–H and O–H groups in total. The lowest BCUT2D eigenvalue weighted by Crippen LogP contribution is -2.19. The minimum Gasteiger partial charge on any atom is -0.497 e. The molecule has 0 fully saturated rings. The molecule has 0 unspecified atom stereocenters. The summed E-state index contributed by atoms with van der Waals surface area (Å²) in [7, 11) is 3.25. The Hall–Kier alpha value is -4.13. The van der Waals surface area contributed by atoms with Crippen LogP contribution >= 0.6 is 0 Å². The Labute approximate surface area is 187 Å². The number of methoxy groups -OCH3 is 2. The number of hydrazone groups is 2. The summed E-state index contributed by atoms with van der Waals surface area (Å²) in [5.74, 6) is 1.28. The lowest BCUT2D eigenvalue weighted by molar-refractivity contribution is 0.0955. The molecule has 0 bridgehead atoms. The summed E-state index contributed by atoms with van der Waals surface area (Å²) in [5.41, 5.74) is 10.3. The van der Waals surface area contributed by atoms with Crippen molar-refractivity contribution >= 4 is 23.0 Å². The molecule has 0 aromatic heterocycles. The zero-order valence-corrected chi connectivity index (χ0v) is 18.5. The quantitative estimate of drug-likeness (QED) is 0.401. The molecular formula is C25H26N4O3. The molecule has 0 atom stereocenters. The van der Waals surface area contributed by atoms with Crippen molar-refractivity contribution in [1.82, 2.24) is 5.43 Å². The molecule has 0 aliphatic heterocycles. The molecule has 0 saturated heterocycles. The number of carbonyl (C=O) groups is 1. The number of hydrogen-bond acceptors (Lipinski definition) is 6. The molecule has 0 spiro atoms. The smallest absolute Gasteiger partial charge is 0.271 e. The summed E-state index contributed by atoms with van der Waals surface area (Å²) in [4.78, 5) is 12.4. The molecule has 7 heteroatoms. The molecule has 0 aliphatic rings. The second-order valence-electron chi connectivity index (χ2n) is 6.98. The van der Waals surface area contributed by atoms with Gasteiger partial charge in [0.25, 0.3) is 5.91 Å². The van der Waals surface area contributed by atoms with E-state index >= 15 is 0 Å². The first kappa shape index (κ1) is 22.6. The Morgan fingerprint density at radius 1 is 0.656 bits per heavy atom. The van der Waals surface area contributed by atoms with Gasteiger partial charge < -0.3 is 9.47 Å². The number of amides is 1. The van der Waals surface area contributed by atoms with E-state index in [9.17, 15) is 4.79 Å². The van der Waals surface area contributed by atoms with Crippen molar-refractivity contribution in [2.45, 2.75) is 13.8 Å². The number of nitrogens with zero attached hydrogens (tertiary/aromatic N) is 2. The third kappa shape index (κ3) is 5.95. The Morgan fingerprint density at radius 2 is 1.09 bits per heavy atom. The fourth-order valence-corrected chi connectivity index (χ4v) is 2.84. The van der Waals surface area contributed by atoms with Gasteiger partial charge in [0, 0.05) is 5.56 Å². The molecule has 0 saturated carbocycles. The summed E-state index contributed by atoms with van der Waals surface area (Å²) in [6, 6.07) is 22.2. The standard InChI is InChI=1S/C25H26N4O3/c1-17(19-7-13-23(31-3)14-8-19)26-28-22-11-5-21(6-12-22)25(30)29-27-18(2)20-9-15-24(32-4)16-10-20/h5-16,28H,1-4H3,(H,29,30)/b26-17+,27-18+. The first-order valence-electron chi connectivity index (χ1n) is 10.0. The van der Waals surface area contributed by atoms with Crippen LogP contribution in [-0.4, -0.2) is 31.6 Å². The minimum atomic E-state index is -0.290. The number of benzene rings is 3. The van der Waals surface area contributed by atoms with Crippen molar-refractivity contribution in [3.8, 4) is 11.5 Å². The van der Waals surface area contributed by atoms with Crippen LogP contribution in [0.1, 0.15) is 35.3 Å². The van der Waals surface area contributed by atoms with Gasteiger partial charge in [-0.05, 0) is 97.8 Å². The highest BCUT2D eigenvalue weighted by molar-refractivity contribution is 6.01. The molecule has 7 nitrogen and oxygen atoms in total. The second kappa shape index (κ2) is 10.8. The predicted molar refractivity (Wildman–Crippen MR) is 128 cm³/mol. The van der Waals surface area contributed by atoms with E-state index < -0.39 is 0 Å². The average molecular weight is 431 g/mol. The number of ether oxygens (including phenoxy) is 2. The van der Waals surface area contributed by atoms with Gasteiger partial charge in [-0.3, -0.25) is 10.2 Å². The minimum absolute atomic E-state index is 0.290. The molecular weight excluding hydrogens is 404 g/mol. The number of hydrogen-bond donors (Lipinski definition) is 2. The van der Waals surface area contributed by atoms with Crippen LogP contribution in [0.2, 0.25) is 0 Å². The van der Waals surface area contributed by atoms with E-state index in [1.807, 2.05) is 62.4 Å². The van der Waals surface area contributed by atoms with Gasteiger partial charge in [0.05, 0.1) is 31.3 Å². The van der Waals surface area contributed by atoms with Crippen molar-refractivity contribution in [2.75, 3.05) is 19.6 Å². The maximum absolute atomic E-state index is 12.4. The lowest BCUT2D eigenvalue weighted by Gasteiger charge is -2.06. The van der Waals surface area contributed by atoms with Crippen molar-refractivity contribution in [1.29, 1.82) is 0 Å². The molecule has 32 heavy (non-hydrogen) atoms. The molecule has 164 valence electrons. The Balaban J connectivity index is 1.58. The first-order chi connectivity index (χ1) is 15.5. The Bertz CT molecular complexity index is 1100. The van der Waals surface area contributed by atoms with Crippen molar-refractivity contribution in [2.24, 2.45) is 10.2 Å². The Kier molecular flexibility index (Phi) is 7.59. The molecule has 3 rings (SSSR count). The van der Waals surface area contributed by atoms with Gasteiger partial charge in [0.1, 0.15) is 11.5 Å². The largest absolute Gasteiger partial charge is 0.497 e. The molecule has 0 radical (unpaired) electrons. The van der Waals surface area contributed by atoms with E-state index in [1.165, 1.54) is 0 Å². The van der Waals surface area contributed by atoms with Crippen LogP contribution in [0.15, 0.2) is 83.0 Å². The highest BCUT2D eigenvalue weighted by atomic mass is 16.5. The fraction of sp³-hybridized carbons (Fsp3) is 0.160. The van der Waals surface area contributed by atoms with E-state index in [2.05, 4.69) is 21.1 Å². The third-order valence-electron chi connectivity index (χ3n) is 4.84. The highest BCUT2D eigenvalue weighted by Gasteiger charge is 2.06. The molecule has 3 aromatic carbocycles. The molecule has 1 amide bonds. The van der Waals surface area contributed by atoms with Crippen LogP contribution in [0.5, 0.6) is 11.5 Å². The van der Waals surface area contributed by atoms with Crippen LogP contribution in [0.25, 0.3) is 0 Å². The van der Waals surface area contributed by atoms with Crippen molar-refractivity contribution in [3.05, 3.63) is 89.5 Å². The number of nitrogens with one attached hydrogen (secondary N) is 2. The van der Waals surface area contributed by atoms with Gasteiger partial charge >= 0.3 is 0 Å². The predicted octanol–water partition coefficient (Wildman–Crippen LogP) is 4.69. The van der Waals surface area contributed by atoms with Crippen LogP contribution in [0.4, 0.5) is 5.69 Å². The van der Waals surface area contributed by atoms with E-state index in [4.69, 9.17) is 9.47 Å². The topological polar surface area (TPSA) is 84.3 Å². The maximum Gasteiger partial charge on any atom is 0.271 e. The van der Waals surface area contributed by atoms with Gasteiger partial charge in [0.2, 0.25) is 0 Å². The van der Waals surface area contributed by atoms with Gasteiger partial charge in [-0.1, -0.05) is 0 Å². The van der Waals surface area contributed by atoms with Gasteiger partial charge in [-0.2, -0.15) is 10.2 Å². The van der Waals surface area contributed by atoms with E-state index in [0.29, 0.717) is 11.3 Å². The average Bonchev–Trinajstić information content (AvgIpc) is 2.86. The maximum atomic E-state index is 12.4. The third-order valence-corrected chi connectivity index (χ3v) is 4.84. The zero-order valence-electron chi connectivity index (χ0n) is 18.5. The molecule has 3 aromatic rings. The summed E-state index contributed by atoms with van der Waals surface area (Å²) in [5, 5.41) is 8.58. The SMILES string of the molecule is COc1ccc(/C(C)=N/NC(=O)c2ccc(N/N=C(\C)c3ccc(OC)cc3)cc2)cc1. The normalized spacial score (nSPS) is 11.6. The monoisotopic (exact) mass is 430 g/mol. The van der Waals surface area contributed by atoms with Crippen LogP contribution in [0, 0.1) is 0 Å².